The second-order valence-electron chi connectivity index (χ2n) is 5.21. The molecule has 8 heteroatoms. The van der Waals surface area contributed by atoms with Crippen LogP contribution in [0, 0.1) is 0 Å². The summed E-state index contributed by atoms with van der Waals surface area (Å²) >= 11 is 0. The fourth-order valence-corrected chi connectivity index (χ4v) is 1.78. The molecule has 0 bridgehead atoms. The van der Waals surface area contributed by atoms with Gasteiger partial charge in [0.05, 0.1) is 0 Å². The van der Waals surface area contributed by atoms with Crippen molar-refractivity contribution in [3.05, 3.63) is 48.6 Å². The monoisotopic (exact) mass is 394 g/mol. The molecule has 0 aliphatic carbocycles. The number of rotatable bonds is 11. The highest BCUT2D eigenvalue weighted by Gasteiger charge is 2.30. The van der Waals surface area contributed by atoms with E-state index in [2.05, 4.69) is 0 Å². The van der Waals surface area contributed by atoms with E-state index in [1.807, 2.05) is 0 Å². The zero-order chi connectivity index (χ0) is 21.4. The van der Waals surface area contributed by atoms with Crippen molar-refractivity contribution in [1.82, 2.24) is 0 Å². The first kappa shape index (κ1) is 24.8. The molecule has 8 nitrogen and oxygen atoms in total. The van der Waals surface area contributed by atoms with E-state index in [0.29, 0.717) is 0 Å². The van der Waals surface area contributed by atoms with Gasteiger partial charge in [0.1, 0.15) is 13.2 Å². The predicted octanol–water partition coefficient (Wildman–Crippen LogP) is 2.20. The molecule has 0 rings (SSSR count). The molecule has 0 heterocycles. The maximum atomic E-state index is 11.8. The predicted molar refractivity (Wildman–Crippen MR) is 101 cm³/mol. The highest BCUT2D eigenvalue weighted by atomic mass is 16.6. The Morgan fingerprint density at radius 3 is 1.14 bits per heavy atom. The van der Waals surface area contributed by atoms with Crippen molar-refractivity contribution >= 4 is 23.9 Å². The number of carbonyl (C=O) groups excluding carboxylic acids is 4. The second kappa shape index (κ2) is 15.0. The van der Waals surface area contributed by atoms with Crippen LogP contribution in [0.2, 0.25) is 0 Å². The van der Waals surface area contributed by atoms with E-state index >= 15 is 0 Å². The Kier molecular flexibility index (Phi) is 13.3. The van der Waals surface area contributed by atoms with E-state index in [1.54, 1.807) is 27.7 Å². The molecule has 0 spiro atoms. The number of ether oxygens (including phenoxy) is 4. The molecule has 0 aromatic rings. The first-order valence-electron chi connectivity index (χ1n) is 8.63. The Balaban J connectivity index is 5.45. The Hall–Kier alpha value is -3.16. The van der Waals surface area contributed by atoms with Crippen molar-refractivity contribution in [3.8, 4) is 0 Å². The first-order valence-corrected chi connectivity index (χ1v) is 8.63. The Morgan fingerprint density at radius 1 is 0.571 bits per heavy atom. The van der Waals surface area contributed by atoms with Crippen molar-refractivity contribution in [2.75, 3.05) is 13.2 Å². The van der Waals surface area contributed by atoms with Gasteiger partial charge in [-0.2, -0.15) is 0 Å². The molecule has 0 aromatic heterocycles. The molecule has 2 unspecified atom stereocenters. The van der Waals surface area contributed by atoms with E-state index in [9.17, 15) is 19.2 Å². The summed E-state index contributed by atoms with van der Waals surface area (Å²) in [5, 5.41) is 0. The van der Waals surface area contributed by atoms with Gasteiger partial charge in [-0.1, -0.05) is 24.3 Å². The largest absolute Gasteiger partial charge is 0.458 e. The number of esters is 4. The van der Waals surface area contributed by atoms with Crippen LogP contribution in [0.4, 0.5) is 0 Å². The van der Waals surface area contributed by atoms with Crippen LogP contribution in [0.15, 0.2) is 48.6 Å². The molecular formula is C20H26O8. The van der Waals surface area contributed by atoms with Gasteiger partial charge in [0.25, 0.3) is 0 Å². The third-order valence-corrected chi connectivity index (χ3v) is 2.94. The van der Waals surface area contributed by atoms with Crippen LogP contribution < -0.4 is 0 Å². The summed E-state index contributed by atoms with van der Waals surface area (Å²) in [6.45, 7) is 5.69. The van der Waals surface area contributed by atoms with Gasteiger partial charge in [-0.3, -0.25) is 0 Å². The maximum Gasteiger partial charge on any atom is 0.330 e. The maximum absolute atomic E-state index is 11.8. The molecule has 0 N–H and O–H groups in total. The van der Waals surface area contributed by atoms with Crippen molar-refractivity contribution < 1.29 is 38.1 Å². The second-order valence-corrected chi connectivity index (χ2v) is 5.21. The van der Waals surface area contributed by atoms with Crippen molar-refractivity contribution in [3.63, 3.8) is 0 Å². The van der Waals surface area contributed by atoms with Crippen LogP contribution in [0.5, 0.6) is 0 Å². The summed E-state index contributed by atoms with van der Waals surface area (Å²) in [4.78, 5) is 46.8. The van der Waals surface area contributed by atoms with Crippen LogP contribution in [0.25, 0.3) is 0 Å². The fourth-order valence-electron chi connectivity index (χ4n) is 1.78. The minimum atomic E-state index is -1.19. The van der Waals surface area contributed by atoms with Gasteiger partial charge in [0.2, 0.25) is 0 Å². The molecular weight excluding hydrogens is 368 g/mol. The topological polar surface area (TPSA) is 105 Å². The molecule has 0 radical (unpaired) electrons. The summed E-state index contributed by atoms with van der Waals surface area (Å²) < 4.78 is 20.4. The third-order valence-electron chi connectivity index (χ3n) is 2.94. The van der Waals surface area contributed by atoms with Gasteiger partial charge in [0, 0.05) is 24.3 Å². The summed E-state index contributed by atoms with van der Waals surface area (Å²) in [7, 11) is 0. The van der Waals surface area contributed by atoms with E-state index < -0.39 is 49.3 Å². The Labute approximate surface area is 164 Å². The molecule has 154 valence electrons. The van der Waals surface area contributed by atoms with Gasteiger partial charge in [0.15, 0.2) is 12.2 Å². The fraction of sp³-hybridized carbons (Fsp3) is 0.400. The van der Waals surface area contributed by atoms with Crippen molar-refractivity contribution in [2.24, 2.45) is 0 Å². The highest BCUT2D eigenvalue weighted by molar-refractivity contribution is 5.84. The lowest BCUT2D eigenvalue weighted by Crippen LogP contribution is -2.42. The molecule has 0 saturated carbocycles. The SMILES string of the molecule is C/C=C\C(=O)OCC(OC(=O)/C=C\C)C(COC(=O)/C=C\C)OC(=O)/C=C\C. The molecule has 0 saturated heterocycles. The summed E-state index contributed by atoms with van der Waals surface area (Å²) in [6, 6.07) is 0. The number of carbonyl (C=O) groups is 4. The lowest BCUT2D eigenvalue weighted by atomic mass is 10.2. The summed E-state index contributed by atoms with van der Waals surface area (Å²) in [6.07, 6.45) is 8.15. The zero-order valence-corrected chi connectivity index (χ0v) is 16.5. The standard InChI is InChI=1S/C20H26O8/c1-5-9-17(21)25-13-15(27-19(23)11-7-3)16(28-20(24)12-8-4)14-26-18(22)10-6-2/h5-12,15-16H,13-14H2,1-4H3/b9-5-,10-6-,11-7-,12-8-. The summed E-state index contributed by atoms with van der Waals surface area (Å²) in [5.41, 5.74) is 0. The quantitative estimate of drug-likeness (QED) is 0.298. The molecule has 0 aliphatic heterocycles. The lowest BCUT2D eigenvalue weighted by Gasteiger charge is -2.25. The zero-order valence-electron chi connectivity index (χ0n) is 16.5. The molecule has 28 heavy (non-hydrogen) atoms. The highest BCUT2D eigenvalue weighted by Crippen LogP contribution is 2.10. The number of allylic oxidation sites excluding steroid dienone is 4. The molecule has 0 fully saturated rings. The van der Waals surface area contributed by atoms with Crippen molar-refractivity contribution in [2.45, 2.75) is 39.9 Å². The number of hydrogen-bond acceptors (Lipinski definition) is 8. The summed E-state index contributed by atoms with van der Waals surface area (Å²) in [5.74, 6) is -2.80. The van der Waals surface area contributed by atoms with Gasteiger partial charge in [-0.25, -0.2) is 19.2 Å². The van der Waals surface area contributed by atoms with Crippen LogP contribution in [0.3, 0.4) is 0 Å². The average molecular weight is 394 g/mol. The van der Waals surface area contributed by atoms with Gasteiger partial charge >= 0.3 is 23.9 Å². The van der Waals surface area contributed by atoms with Gasteiger partial charge in [-0.05, 0) is 27.7 Å². The van der Waals surface area contributed by atoms with Crippen LogP contribution in [-0.4, -0.2) is 49.3 Å². The average Bonchev–Trinajstić information content (AvgIpc) is 2.63. The minimum Gasteiger partial charge on any atom is -0.458 e. The Bertz CT molecular complexity index is 587. The third kappa shape index (κ3) is 11.5. The van der Waals surface area contributed by atoms with E-state index in [0.717, 1.165) is 12.2 Å². The van der Waals surface area contributed by atoms with Gasteiger partial charge < -0.3 is 18.9 Å². The molecule has 0 aromatic carbocycles. The van der Waals surface area contributed by atoms with Gasteiger partial charge in [-0.15, -0.1) is 0 Å². The smallest absolute Gasteiger partial charge is 0.330 e. The number of hydrogen-bond donors (Lipinski definition) is 0. The normalized spacial score (nSPS) is 13.7. The van der Waals surface area contributed by atoms with Crippen molar-refractivity contribution in [1.29, 1.82) is 0 Å². The first-order chi connectivity index (χ1) is 13.4. The molecule has 0 amide bonds. The van der Waals surface area contributed by atoms with Crippen LogP contribution in [-0.2, 0) is 38.1 Å². The van der Waals surface area contributed by atoms with E-state index in [-0.39, 0.29) is 0 Å². The van der Waals surface area contributed by atoms with Crippen LogP contribution >= 0.6 is 0 Å². The van der Waals surface area contributed by atoms with E-state index in [1.165, 1.54) is 36.5 Å². The van der Waals surface area contributed by atoms with Crippen LogP contribution in [0.1, 0.15) is 27.7 Å². The Morgan fingerprint density at radius 2 is 0.857 bits per heavy atom. The molecule has 2 atom stereocenters. The van der Waals surface area contributed by atoms with E-state index in [4.69, 9.17) is 18.9 Å². The molecule has 0 aliphatic rings. The minimum absolute atomic E-state index is 0.401. The lowest BCUT2D eigenvalue weighted by molar-refractivity contribution is -0.175.